The second-order valence-electron chi connectivity index (χ2n) is 8.11. The number of amides is 1. The summed E-state index contributed by atoms with van der Waals surface area (Å²) in [6, 6.07) is 2.59. The van der Waals surface area contributed by atoms with Gasteiger partial charge >= 0.3 is 0 Å². The number of piperidine rings is 1. The molecular weight excluding hydrogens is 326 g/mol. The van der Waals surface area contributed by atoms with Gasteiger partial charge in [-0.15, -0.1) is 0 Å². The van der Waals surface area contributed by atoms with Crippen LogP contribution in [0.5, 0.6) is 0 Å². The first-order chi connectivity index (χ1) is 12.5. The summed E-state index contributed by atoms with van der Waals surface area (Å²) in [5.41, 5.74) is 3.28. The highest BCUT2D eigenvalue weighted by Crippen LogP contribution is 2.33. The molecular formula is C20H29N5O. The second kappa shape index (κ2) is 6.89. The minimum Gasteiger partial charge on any atom is -0.368 e. The highest BCUT2D eigenvalue weighted by Gasteiger charge is 2.26. The maximum Gasteiger partial charge on any atom is 0.219 e. The van der Waals surface area contributed by atoms with Gasteiger partial charge in [0.05, 0.1) is 11.8 Å². The molecule has 6 heteroatoms. The third kappa shape index (κ3) is 3.41. The van der Waals surface area contributed by atoms with E-state index in [9.17, 15) is 4.79 Å². The molecule has 0 aromatic carbocycles. The van der Waals surface area contributed by atoms with Crippen LogP contribution in [-0.4, -0.2) is 45.0 Å². The Morgan fingerprint density at radius 3 is 2.62 bits per heavy atom. The Morgan fingerprint density at radius 2 is 2.00 bits per heavy atom. The molecule has 3 heterocycles. The molecule has 1 aliphatic carbocycles. The number of imidazole rings is 1. The van der Waals surface area contributed by atoms with Crippen molar-refractivity contribution in [2.45, 2.75) is 58.4 Å². The summed E-state index contributed by atoms with van der Waals surface area (Å²) in [6.07, 6.45) is 6.53. The molecule has 0 spiro atoms. The first kappa shape index (κ1) is 17.3. The van der Waals surface area contributed by atoms with Gasteiger partial charge in [0.2, 0.25) is 5.91 Å². The summed E-state index contributed by atoms with van der Waals surface area (Å²) in [4.78, 5) is 23.2. The SMILES string of the molecule is CC(=O)N1CCC(c2cc3c(ncn3C(C)C)c(NCC3CC3)n2)CC1. The largest absolute Gasteiger partial charge is 0.368 e. The van der Waals surface area contributed by atoms with Crippen molar-refractivity contribution in [3.8, 4) is 0 Å². The molecule has 2 aromatic rings. The van der Waals surface area contributed by atoms with E-state index in [1.54, 1.807) is 6.92 Å². The van der Waals surface area contributed by atoms with Gasteiger partial charge in [0.1, 0.15) is 5.52 Å². The molecule has 0 bridgehead atoms. The average molecular weight is 355 g/mol. The number of pyridine rings is 1. The predicted molar refractivity (Wildman–Crippen MR) is 103 cm³/mol. The molecule has 1 amide bonds. The molecule has 0 atom stereocenters. The number of rotatable bonds is 5. The van der Waals surface area contributed by atoms with Gasteiger partial charge in [-0.05, 0) is 51.5 Å². The Bertz CT molecular complexity index is 800. The standard InChI is InChI=1S/C20H29N5O/c1-13(2)25-12-22-19-18(25)10-17(23-20(19)21-11-15-4-5-15)16-6-8-24(9-7-16)14(3)26/h10,12-13,15-16H,4-9,11H2,1-3H3,(H,21,23). The van der Waals surface area contributed by atoms with E-state index in [1.807, 2.05) is 11.2 Å². The van der Waals surface area contributed by atoms with E-state index in [4.69, 9.17) is 4.98 Å². The number of nitrogens with one attached hydrogen (secondary N) is 1. The van der Waals surface area contributed by atoms with Gasteiger partial charge in [-0.25, -0.2) is 9.97 Å². The number of fused-ring (bicyclic) bond motifs is 1. The monoisotopic (exact) mass is 355 g/mol. The van der Waals surface area contributed by atoms with E-state index >= 15 is 0 Å². The molecule has 0 radical (unpaired) electrons. The molecule has 1 N–H and O–H groups in total. The van der Waals surface area contributed by atoms with Crippen LogP contribution < -0.4 is 5.32 Å². The molecule has 0 unspecified atom stereocenters. The van der Waals surface area contributed by atoms with Crippen molar-refractivity contribution < 1.29 is 4.79 Å². The summed E-state index contributed by atoms with van der Waals surface area (Å²) in [5.74, 6) is 2.31. The number of carbonyl (C=O) groups excluding carboxylic acids is 1. The Morgan fingerprint density at radius 1 is 1.27 bits per heavy atom. The van der Waals surface area contributed by atoms with Gasteiger partial charge in [-0.1, -0.05) is 0 Å². The molecule has 1 saturated heterocycles. The topological polar surface area (TPSA) is 63.1 Å². The van der Waals surface area contributed by atoms with E-state index in [2.05, 4.69) is 34.8 Å². The third-order valence-corrected chi connectivity index (χ3v) is 5.75. The van der Waals surface area contributed by atoms with Crippen molar-refractivity contribution in [3.05, 3.63) is 18.1 Å². The lowest BCUT2D eigenvalue weighted by Crippen LogP contribution is -2.36. The fourth-order valence-corrected chi connectivity index (χ4v) is 3.85. The van der Waals surface area contributed by atoms with Gasteiger partial charge in [-0.2, -0.15) is 0 Å². The number of aromatic nitrogens is 3. The lowest BCUT2D eigenvalue weighted by Gasteiger charge is -2.31. The van der Waals surface area contributed by atoms with Gasteiger partial charge in [0.25, 0.3) is 0 Å². The number of hydrogen-bond acceptors (Lipinski definition) is 4. The molecule has 2 aliphatic rings. The zero-order chi connectivity index (χ0) is 18.3. The average Bonchev–Trinajstić information content (AvgIpc) is 3.36. The van der Waals surface area contributed by atoms with Crippen molar-refractivity contribution in [2.24, 2.45) is 5.92 Å². The van der Waals surface area contributed by atoms with Gasteiger partial charge < -0.3 is 14.8 Å². The number of hydrogen-bond donors (Lipinski definition) is 1. The Labute approximate surface area is 155 Å². The number of anilines is 1. The molecule has 26 heavy (non-hydrogen) atoms. The molecule has 2 fully saturated rings. The summed E-state index contributed by atoms with van der Waals surface area (Å²) >= 11 is 0. The number of likely N-dealkylation sites (tertiary alicyclic amines) is 1. The highest BCUT2D eigenvalue weighted by atomic mass is 16.2. The second-order valence-corrected chi connectivity index (χ2v) is 8.11. The van der Waals surface area contributed by atoms with Gasteiger partial charge in [0.15, 0.2) is 5.82 Å². The lowest BCUT2D eigenvalue weighted by molar-refractivity contribution is -0.129. The van der Waals surface area contributed by atoms with Crippen molar-refractivity contribution in [1.82, 2.24) is 19.4 Å². The van der Waals surface area contributed by atoms with Crippen LogP contribution in [0.4, 0.5) is 5.82 Å². The van der Waals surface area contributed by atoms with Crippen LogP contribution in [0, 0.1) is 5.92 Å². The minimum atomic E-state index is 0.177. The Kier molecular flexibility index (Phi) is 4.59. The number of nitrogens with zero attached hydrogens (tertiary/aromatic N) is 4. The van der Waals surface area contributed by atoms with E-state index in [0.29, 0.717) is 12.0 Å². The van der Waals surface area contributed by atoms with Crippen molar-refractivity contribution in [1.29, 1.82) is 0 Å². The van der Waals surface area contributed by atoms with Gasteiger partial charge in [0, 0.05) is 44.2 Å². The quantitative estimate of drug-likeness (QED) is 0.891. The molecule has 2 aromatic heterocycles. The van der Waals surface area contributed by atoms with E-state index in [-0.39, 0.29) is 5.91 Å². The smallest absolute Gasteiger partial charge is 0.219 e. The van der Waals surface area contributed by atoms with Crippen LogP contribution in [0.2, 0.25) is 0 Å². The predicted octanol–water partition coefficient (Wildman–Crippen LogP) is 3.56. The molecule has 1 aliphatic heterocycles. The summed E-state index contributed by atoms with van der Waals surface area (Å²) < 4.78 is 2.23. The van der Waals surface area contributed by atoms with E-state index in [1.165, 1.54) is 12.8 Å². The zero-order valence-corrected chi connectivity index (χ0v) is 16.0. The maximum absolute atomic E-state index is 11.6. The van der Waals surface area contributed by atoms with E-state index in [0.717, 1.165) is 60.9 Å². The fraction of sp³-hybridized carbons (Fsp3) is 0.650. The number of carbonyl (C=O) groups is 1. The lowest BCUT2D eigenvalue weighted by atomic mass is 9.92. The van der Waals surface area contributed by atoms with Crippen molar-refractivity contribution in [2.75, 3.05) is 25.0 Å². The van der Waals surface area contributed by atoms with Crippen LogP contribution in [-0.2, 0) is 4.79 Å². The minimum absolute atomic E-state index is 0.177. The van der Waals surface area contributed by atoms with Crippen molar-refractivity contribution >= 4 is 22.8 Å². The van der Waals surface area contributed by atoms with Crippen LogP contribution in [0.3, 0.4) is 0 Å². The normalized spacial score (nSPS) is 18.7. The van der Waals surface area contributed by atoms with Crippen molar-refractivity contribution in [3.63, 3.8) is 0 Å². The first-order valence-electron chi connectivity index (χ1n) is 9.89. The summed E-state index contributed by atoms with van der Waals surface area (Å²) in [7, 11) is 0. The Balaban J connectivity index is 1.65. The first-order valence-corrected chi connectivity index (χ1v) is 9.89. The molecule has 4 rings (SSSR count). The van der Waals surface area contributed by atoms with Crippen LogP contribution >= 0.6 is 0 Å². The molecule has 140 valence electrons. The summed E-state index contributed by atoms with van der Waals surface area (Å²) in [6.45, 7) is 8.67. The third-order valence-electron chi connectivity index (χ3n) is 5.75. The molecule has 1 saturated carbocycles. The van der Waals surface area contributed by atoms with Gasteiger partial charge in [-0.3, -0.25) is 4.79 Å². The molecule has 6 nitrogen and oxygen atoms in total. The Hall–Kier alpha value is -2.11. The fourth-order valence-electron chi connectivity index (χ4n) is 3.85. The zero-order valence-electron chi connectivity index (χ0n) is 16.0. The van der Waals surface area contributed by atoms with E-state index < -0.39 is 0 Å². The van der Waals surface area contributed by atoms with Crippen LogP contribution in [0.1, 0.15) is 64.1 Å². The maximum atomic E-state index is 11.6. The summed E-state index contributed by atoms with van der Waals surface area (Å²) in [5, 5.41) is 3.56. The van der Waals surface area contributed by atoms with Crippen LogP contribution in [0.25, 0.3) is 11.0 Å². The van der Waals surface area contributed by atoms with Crippen LogP contribution in [0.15, 0.2) is 12.4 Å². The highest BCUT2D eigenvalue weighted by molar-refractivity contribution is 5.86.